The van der Waals surface area contributed by atoms with Crippen molar-refractivity contribution in [3.8, 4) is 0 Å². The third-order valence-corrected chi connectivity index (χ3v) is 5.06. The Morgan fingerprint density at radius 1 is 1.30 bits per heavy atom. The van der Waals surface area contributed by atoms with Gasteiger partial charge in [0, 0.05) is 37.4 Å². The van der Waals surface area contributed by atoms with Gasteiger partial charge < -0.3 is 20.7 Å². The van der Waals surface area contributed by atoms with E-state index in [1.54, 1.807) is 18.2 Å². The second kappa shape index (κ2) is 11.7. The highest BCUT2D eigenvalue weighted by molar-refractivity contribution is 5.97. The number of rotatable bonds is 10. The van der Waals surface area contributed by atoms with Gasteiger partial charge in [-0.1, -0.05) is 13.0 Å². The van der Waals surface area contributed by atoms with Gasteiger partial charge in [0.2, 0.25) is 5.91 Å². The Hall–Kier alpha value is -1.92. The highest BCUT2D eigenvalue weighted by Crippen LogP contribution is 2.24. The minimum atomic E-state index is -0.134. The first kappa shape index (κ1) is 21.4. The smallest absolute Gasteiger partial charge is 0.251 e. The summed E-state index contributed by atoms with van der Waals surface area (Å²) in [5.41, 5.74) is 1.22. The first-order valence-corrected chi connectivity index (χ1v) is 10.1. The molecule has 2 amide bonds. The molecule has 27 heavy (non-hydrogen) atoms. The average Bonchev–Trinajstić information content (AvgIpc) is 2.68. The third-order valence-electron chi connectivity index (χ3n) is 5.06. The van der Waals surface area contributed by atoms with Crippen LogP contribution in [0.5, 0.6) is 0 Å². The normalized spacial score (nSPS) is 15.9. The van der Waals surface area contributed by atoms with Crippen molar-refractivity contribution >= 4 is 17.5 Å². The Morgan fingerprint density at radius 2 is 2.07 bits per heavy atom. The molecule has 1 aliphatic heterocycles. The molecule has 0 bridgehead atoms. The van der Waals surface area contributed by atoms with E-state index < -0.39 is 0 Å². The van der Waals surface area contributed by atoms with E-state index in [1.165, 1.54) is 0 Å². The number of nitrogens with one attached hydrogen (secondary N) is 3. The summed E-state index contributed by atoms with van der Waals surface area (Å²) in [4.78, 5) is 24.6. The molecule has 1 unspecified atom stereocenters. The molecular weight excluding hydrogens is 342 g/mol. The van der Waals surface area contributed by atoms with E-state index in [0.29, 0.717) is 49.3 Å². The van der Waals surface area contributed by atoms with Crippen LogP contribution >= 0.6 is 0 Å². The van der Waals surface area contributed by atoms with Crippen LogP contribution in [0.25, 0.3) is 0 Å². The van der Waals surface area contributed by atoms with Gasteiger partial charge in [-0.05, 0) is 69.3 Å². The summed E-state index contributed by atoms with van der Waals surface area (Å²) < 4.78 is 5.26. The van der Waals surface area contributed by atoms with Crippen molar-refractivity contribution in [1.82, 2.24) is 10.6 Å². The number of benzene rings is 1. The van der Waals surface area contributed by atoms with E-state index in [9.17, 15) is 9.59 Å². The molecule has 1 atom stereocenters. The maximum absolute atomic E-state index is 12.4. The Labute approximate surface area is 162 Å². The van der Waals surface area contributed by atoms with Gasteiger partial charge in [0.15, 0.2) is 0 Å². The fourth-order valence-electron chi connectivity index (χ4n) is 3.45. The van der Waals surface area contributed by atoms with Gasteiger partial charge in [0.05, 0.1) is 0 Å². The molecule has 0 aliphatic carbocycles. The van der Waals surface area contributed by atoms with Crippen molar-refractivity contribution in [2.24, 2.45) is 11.8 Å². The Bertz CT molecular complexity index is 600. The lowest BCUT2D eigenvalue weighted by Crippen LogP contribution is -2.32. The van der Waals surface area contributed by atoms with Gasteiger partial charge >= 0.3 is 0 Å². The van der Waals surface area contributed by atoms with Crippen molar-refractivity contribution in [2.45, 2.75) is 39.5 Å². The topological polar surface area (TPSA) is 79.5 Å². The SMILES string of the molecule is CCOCCCNC(=O)c1cccc(NC(=O)CC(C)C2CCNCC2)c1. The van der Waals surface area contributed by atoms with Crippen LogP contribution in [0.2, 0.25) is 0 Å². The van der Waals surface area contributed by atoms with Crippen LogP contribution in [0, 0.1) is 11.8 Å². The predicted octanol–water partition coefficient (Wildman–Crippen LogP) is 2.81. The summed E-state index contributed by atoms with van der Waals surface area (Å²) in [5.74, 6) is 0.843. The number of piperidine rings is 1. The number of anilines is 1. The molecule has 1 saturated heterocycles. The highest BCUT2D eigenvalue weighted by atomic mass is 16.5. The second-order valence-electron chi connectivity index (χ2n) is 7.20. The van der Waals surface area contributed by atoms with Crippen molar-refractivity contribution in [3.05, 3.63) is 29.8 Å². The van der Waals surface area contributed by atoms with Crippen LogP contribution in [0.15, 0.2) is 24.3 Å². The van der Waals surface area contributed by atoms with Crippen LogP contribution in [0.1, 0.15) is 49.9 Å². The monoisotopic (exact) mass is 375 g/mol. The van der Waals surface area contributed by atoms with Crippen LogP contribution in [0.3, 0.4) is 0 Å². The lowest BCUT2D eigenvalue weighted by molar-refractivity contribution is -0.117. The Kier molecular flexibility index (Phi) is 9.28. The van der Waals surface area contributed by atoms with E-state index in [0.717, 1.165) is 32.4 Å². The summed E-state index contributed by atoms with van der Waals surface area (Å²) >= 11 is 0. The van der Waals surface area contributed by atoms with Gasteiger partial charge in [-0.2, -0.15) is 0 Å². The fourth-order valence-corrected chi connectivity index (χ4v) is 3.45. The number of carbonyl (C=O) groups excluding carboxylic acids is 2. The van der Waals surface area contributed by atoms with E-state index in [1.807, 2.05) is 13.0 Å². The molecule has 0 saturated carbocycles. The van der Waals surface area contributed by atoms with Crippen molar-refractivity contribution in [2.75, 3.05) is 38.2 Å². The van der Waals surface area contributed by atoms with E-state index in [-0.39, 0.29) is 11.8 Å². The van der Waals surface area contributed by atoms with Gasteiger partial charge in [-0.3, -0.25) is 9.59 Å². The molecule has 150 valence electrons. The maximum atomic E-state index is 12.4. The standard InChI is InChI=1S/C21H33N3O3/c1-3-27-13-5-10-23-21(26)18-6-4-7-19(15-18)24-20(25)14-16(2)17-8-11-22-12-9-17/h4,6-7,15-17,22H,3,5,8-14H2,1-2H3,(H,23,26)(H,24,25). The zero-order valence-corrected chi connectivity index (χ0v) is 16.6. The van der Waals surface area contributed by atoms with Crippen LogP contribution in [-0.2, 0) is 9.53 Å². The molecule has 3 N–H and O–H groups in total. The highest BCUT2D eigenvalue weighted by Gasteiger charge is 2.22. The number of ether oxygens (including phenoxy) is 1. The Balaban J connectivity index is 1.79. The molecule has 1 heterocycles. The molecular formula is C21H33N3O3. The minimum Gasteiger partial charge on any atom is -0.382 e. The predicted molar refractivity (Wildman–Crippen MR) is 108 cm³/mol. The molecule has 1 aliphatic rings. The molecule has 6 nitrogen and oxygen atoms in total. The van der Waals surface area contributed by atoms with E-state index in [2.05, 4.69) is 22.9 Å². The van der Waals surface area contributed by atoms with Gasteiger partial charge in [-0.15, -0.1) is 0 Å². The summed E-state index contributed by atoms with van der Waals surface area (Å²) in [5, 5.41) is 9.17. The third kappa shape index (κ3) is 7.69. The van der Waals surface area contributed by atoms with Crippen LogP contribution in [-0.4, -0.2) is 44.7 Å². The lowest BCUT2D eigenvalue weighted by atomic mass is 9.84. The molecule has 0 aromatic heterocycles. The lowest BCUT2D eigenvalue weighted by Gasteiger charge is -2.27. The van der Waals surface area contributed by atoms with Gasteiger partial charge in [0.25, 0.3) is 5.91 Å². The van der Waals surface area contributed by atoms with Crippen molar-refractivity contribution in [3.63, 3.8) is 0 Å². The fraction of sp³-hybridized carbons (Fsp3) is 0.619. The molecule has 1 aromatic rings. The first-order valence-electron chi connectivity index (χ1n) is 10.1. The Morgan fingerprint density at radius 3 is 2.81 bits per heavy atom. The number of hydrogen-bond acceptors (Lipinski definition) is 4. The van der Waals surface area contributed by atoms with Gasteiger partial charge in [-0.25, -0.2) is 0 Å². The molecule has 0 radical (unpaired) electrons. The summed E-state index contributed by atoms with van der Waals surface area (Å²) in [7, 11) is 0. The maximum Gasteiger partial charge on any atom is 0.251 e. The first-order chi connectivity index (χ1) is 13.1. The van der Waals surface area contributed by atoms with Gasteiger partial charge in [0.1, 0.15) is 0 Å². The van der Waals surface area contributed by atoms with Crippen molar-refractivity contribution < 1.29 is 14.3 Å². The molecule has 6 heteroatoms. The van der Waals surface area contributed by atoms with Crippen LogP contribution in [0.4, 0.5) is 5.69 Å². The summed E-state index contributed by atoms with van der Waals surface area (Å²) in [6.45, 7) is 8.08. The van der Waals surface area contributed by atoms with E-state index in [4.69, 9.17) is 4.74 Å². The summed E-state index contributed by atoms with van der Waals surface area (Å²) in [6, 6.07) is 7.09. The van der Waals surface area contributed by atoms with E-state index >= 15 is 0 Å². The quantitative estimate of drug-likeness (QED) is 0.550. The number of hydrogen-bond donors (Lipinski definition) is 3. The number of carbonyl (C=O) groups is 2. The molecule has 1 fully saturated rings. The van der Waals surface area contributed by atoms with Crippen LogP contribution < -0.4 is 16.0 Å². The number of amides is 2. The summed E-state index contributed by atoms with van der Waals surface area (Å²) in [6.07, 6.45) is 3.56. The molecule has 1 aromatic carbocycles. The molecule has 2 rings (SSSR count). The average molecular weight is 376 g/mol. The minimum absolute atomic E-state index is 0.00954. The largest absolute Gasteiger partial charge is 0.382 e. The van der Waals surface area contributed by atoms with Crippen molar-refractivity contribution in [1.29, 1.82) is 0 Å². The zero-order chi connectivity index (χ0) is 19.5. The zero-order valence-electron chi connectivity index (χ0n) is 16.6. The molecule has 0 spiro atoms. The second-order valence-corrected chi connectivity index (χ2v) is 7.20.